The molecule has 0 bridgehead atoms. The molecule has 2 heteroatoms. The van der Waals surface area contributed by atoms with Gasteiger partial charge in [0.1, 0.15) is 5.75 Å². The van der Waals surface area contributed by atoms with Crippen molar-refractivity contribution in [3.63, 3.8) is 0 Å². The van der Waals surface area contributed by atoms with Crippen molar-refractivity contribution in [2.75, 3.05) is 7.11 Å². The maximum absolute atomic E-state index is 10.8. The molecule has 0 aliphatic heterocycles. The van der Waals surface area contributed by atoms with Crippen molar-refractivity contribution in [1.29, 1.82) is 0 Å². The van der Waals surface area contributed by atoms with E-state index in [1.165, 1.54) is 0 Å². The maximum Gasteiger partial charge on any atom is 0.125 e. The minimum atomic E-state index is -0.766. The Balaban J connectivity index is 3.36. The highest BCUT2D eigenvalue weighted by molar-refractivity contribution is 5.46. The first-order valence-corrected chi connectivity index (χ1v) is 6.36. The Morgan fingerprint density at radius 3 is 2.35 bits per heavy atom. The molecule has 1 N–H and O–H groups in total. The van der Waals surface area contributed by atoms with Gasteiger partial charge in [-0.3, -0.25) is 0 Å². The Kier molecular flexibility index (Phi) is 4.58. The van der Waals surface area contributed by atoms with Crippen molar-refractivity contribution in [2.24, 2.45) is 0 Å². The van der Waals surface area contributed by atoms with E-state index >= 15 is 0 Å². The molecule has 1 aromatic carbocycles. The fourth-order valence-corrected chi connectivity index (χ4v) is 2.58. The Morgan fingerprint density at radius 1 is 1.24 bits per heavy atom. The van der Waals surface area contributed by atoms with Crippen molar-refractivity contribution in [2.45, 2.75) is 52.6 Å². The summed E-state index contributed by atoms with van der Waals surface area (Å²) in [4.78, 5) is 0. The lowest BCUT2D eigenvalue weighted by atomic mass is 9.83. The minimum absolute atomic E-state index is 0.709. The zero-order valence-corrected chi connectivity index (χ0v) is 11.6. The molecule has 17 heavy (non-hydrogen) atoms. The van der Waals surface area contributed by atoms with Crippen LogP contribution in [-0.2, 0) is 5.60 Å². The average molecular weight is 236 g/mol. The van der Waals surface area contributed by atoms with Crippen LogP contribution in [0, 0.1) is 13.8 Å². The molecular weight excluding hydrogens is 212 g/mol. The highest BCUT2D eigenvalue weighted by Crippen LogP contribution is 2.39. The molecule has 1 rings (SSSR count). The van der Waals surface area contributed by atoms with Crippen LogP contribution in [0.15, 0.2) is 12.1 Å². The lowest BCUT2D eigenvalue weighted by Gasteiger charge is -2.30. The van der Waals surface area contributed by atoms with Gasteiger partial charge in [-0.1, -0.05) is 26.3 Å². The van der Waals surface area contributed by atoms with E-state index in [-0.39, 0.29) is 0 Å². The second kappa shape index (κ2) is 5.54. The maximum atomic E-state index is 10.8. The van der Waals surface area contributed by atoms with E-state index in [1.54, 1.807) is 7.11 Å². The van der Waals surface area contributed by atoms with Gasteiger partial charge < -0.3 is 9.84 Å². The highest BCUT2D eigenvalue weighted by atomic mass is 16.5. The molecule has 0 aliphatic carbocycles. The number of benzene rings is 1. The summed E-state index contributed by atoms with van der Waals surface area (Å²) in [5, 5.41) is 10.8. The van der Waals surface area contributed by atoms with Crippen LogP contribution < -0.4 is 4.74 Å². The van der Waals surface area contributed by atoms with E-state index in [0.29, 0.717) is 6.42 Å². The topological polar surface area (TPSA) is 29.5 Å². The van der Waals surface area contributed by atoms with E-state index in [1.807, 2.05) is 26.8 Å². The number of ether oxygens (including phenoxy) is 1. The quantitative estimate of drug-likeness (QED) is 0.844. The average Bonchev–Trinajstić information content (AvgIpc) is 2.27. The minimum Gasteiger partial charge on any atom is -0.496 e. The SMILES string of the molecule is CCCC(O)(CC)c1c(C)cc(C)cc1OC. The third kappa shape index (κ3) is 2.81. The van der Waals surface area contributed by atoms with Crippen LogP contribution in [0.1, 0.15) is 49.8 Å². The summed E-state index contributed by atoms with van der Waals surface area (Å²) in [5.74, 6) is 0.806. The number of hydrogen-bond donors (Lipinski definition) is 1. The number of aryl methyl sites for hydroxylation is 2. The number of methoxy groups -OCH3 is 1. The third-order valence-electron chi connectivity index (χ3n) is 3.38. The van der Waals surface area contributed by atoms with Gasteiger partial charge in [-0.15, -0.1) is 0 Å². The number of aliphatic hydroxyl groups is 1. The van der Waals surface area contributed by atoms with Gasteiger partial charge in [-0.25, -0.2) is 0 Å². The smallest absolute Gasteiger partial charge is 0.125 e. The summed E-state index contributed by atoms with van der Waals surface area (Å²) >= 11 is 0. The molecule has 0 fully saturated rings. The van der Waals surface area contributed by atoms with Crippen LogP contribution in [-0.4, -0.2) is 12.2 Å². The molecule has 1 aromatic rings. The lowest BCUT2D eigenvalue weighted by molar-refractivity contribution is 0.0197. The zero-order chi connectivity index (χ0) is 13.1. The van der Waals surface area contributed by atoms with Crippen LogP contribution >= 0.6 is 0 Å². The van der Waals surface area contributed by atoms with Crippen LogP contribution in [0.2, 0.25) is 0 Å². The largest absolute Gasteiger partial charge is 0.496 e. The number of rotatable bonds is 5. The third-order valence-corrected chi connectivity index (χ3v) is 3.38. The molecule has 0 saturated heterocycles. The standard InChI is InChI=1S/C15H24O2/c1-6-8-15(16,7-2)14-12(4)9-11(3)10-13(14)17-5/h9-10,16H,6-8H2,1-5H3. The normalized spacial score (nSPS) is 14.5. The predicted octanol–water partition coefficient (Wildman–Crippen LogP) is 3.71. The fraction of sp³-hybridized carbons (Fsp3) is 0.600. The molecule has 0 amide bonds. The predicted molar refractivity (Wildman–Crippen MR) is 71.6 cm³/mol. The summed E-state index contributed by atoms with van der Waals surface area (Å²) in [6, 6.07) is 4.10. The fourth-order valence-electron chi connectivity index (χ4n) is 2.58. The second-order valence-corrected chi connectivity index (χ2v) is 4.79. The summed E-state index contributed by atoms with van der Waals surface area (Å²) in [6.45, 7) is 8.20. The molecule has 0 heterocycles. The summed E-state index contributed by atoms with van der Waals surface area (Å²) in [6.07, 6.45) is 2.44. The van der Waals surface area contributed by atoms with Gasteiger partial charge in [0.05, 0.1) is 12.7 Å². The van der Waals surface area contributed by atoms with E-state index in [0.717, 1.165) is 35.3 Å². The molecule has 1 unspecified atom stereocenters. The second-order valence-electron chi connectivity index (χ2n) is 4.79. The van der Waals surface area contributed by atoms with E-state index in [2.05, 4.69) is 13.0 Å². The van der Waals surface area contributed by atoms with Gasteiger partial charge >= 0.3 is 0 Å². The Morgan fingerprint density at radius 2 is 1.88 bits per heavy atom. The van der Waals surface area contributed by atoms with Gasteiger partial charge in [0.25, 0.3) is 0 Å². The molecule has 0 aliphatic rings. The Labute approximate surface area is 105 Å². The van der Waals surface area contributed by atoms with Crippen molar-refractivity contribution in [3.8, 4) is 5.75 Å². The van der Waals surface area contributed by atoms with Gasteiger partial charge in [-0.2, -0.15) is 0 Å². The van der Waals surface area contributed by atoms with Crippen LogP contribution in [0.5, 0.6) is 5.75 Å². The first-order valence-electron chi connectivity index (χ1n) is 6.36. The van der Waals surface area contributed by atoms with Gasteiger partial charge in [0.15, 0.2) is 0 Å². The molecule has 96 valence electrons. The lowest BCUT2D eigenvalue weighted by Crippen LogP contribution is -2.26. The van der Waals surface area contributed by atoms with Crippen molar-refractivity contribution in [3.05, 3.63) is 28.8 Å². The summed E-state index contributed by atoms with van der Waals surface area (Å²) < 4.78 is 5.44. The molecule has 0 aromatic heterocycles. The van der Waals surface area contributed by atoms with Gasteiger partial charge in [0, 0.05) is 5.56 Å². The highest BCUT2D eigenvalue weighted by Gasteiger charge is 2.31. The van der Waals surface area contributed by atoms with Gasteiger partial charge in [0.2, 0.25) is 0 Å². The van der Waals surface area contributed by atoms with E-state index in [9.17, 15) is 5.11 Å². The molecule has 0 radical (unpaired) electrons. The Hall–Kier alpha value is -1.02. The van der Waals surface area contributed by atoms with E-state index < -0.39 is 5.60 Å². The van der Waals surface area contributed by atoms with Crippen LogP contribution in [0.3, 0.4) is 0 Å². The molecule has 1 atom stereocenters. The zero-order valence-electron chi connectivity index (χ0n) is 11.6. The molecular formula is C15H24O2. The Bertz CT molecular complexity index is 385. The van der Waals surface area contributed by atoms with Crippen LogP contribution in [0.25, 0.3) is 0 Å². The molecule has 2 nitrogen and oxygen atoms in total. The van der Waals surface area contributed by atoms with Crippen molar-refractivity contribution < 1.29 is 9.84 Å². The summed E-state index contributed by atoms with van der Waals surface area (Å²) in [5.41, 5.74) is 2.46. The first kappa shape index (κ1) is 14.0. The molecule has 0 spiro atoms. The first-order chi connectivity index (χ1) is 7.98. The summed E-state index contributed by atoms with van der Waals surface area (Å²) in [7, 11) is 1.67. The van der Waals surface area contributed by atoms with Crippen LogP contribution in [0.4, 0.5) is 0 Å². The van der Waals surface area contributed by atoms with Crippen molar-refractivity contribution in [1.82, 2.24) is 0 Å². The van der Waals surface area contributed by atoms with E-state index in [4.69, 9.17) is 4.74 Å². The number of hydrogen-bond acceptors (Lipinski definition) is 2. The molecule has 0 saturated carbocycles. The monoisotopic (exact) mass is 236 g/mol. The van der Waals surface area contributed by atoms with Gasteiger partial charge in [-0.05, 0) is 43.9 Å². The van der Waals surface area contributed by atoms with Crippen molar-refractivity contribution >= 4 is 0 Å².